The highest BCUT2D eigenvalue weighted by Gasteiger charge is 2.33. The minimum absolute atomic E-state index is 0.0881. The van der Waals surface area contributed by atoms with Crippen molar-refractivity contribution >= 4 is 17.4 Å². The Kier molecular flexibility index (Phi) is 3.24. The zero-order chi connectivity index (χ0) is 15.0. The van der Waals surface area contributed by atoms with E-state index in [9.17, 15) is 4.79 Å². The van der Waals surface area contributed by atoms with Gasteiger partial charge in [-0.05, 0) is 31.0 Å². The highest BCUT2D eigenvalue weighted by Crippen LogP contribution is 2.35. The Morgan fingerprint density at radius 1 is 1.29 bits per heavy atom. The fourth-order valence-electron chi connectivity index (χ4n) is 2.69. The average molecular weight is 281 g/mol. The molecular formula is C17H19N3O. The third-order valence-electron chi connectivity index (χ3n) is 3.98. The van der Waals surface area contributed by atoms with Gasteiger partial charge in [-0.1, -0.05) is 26.0 Å². The van der Waals surface area contributed by atoms with E-state index in [-0.39, 0.29) is 11.2 Å². The van der Waals surface area contributed by atoms with Gasteiger partial charge in [0.2, 0.25) is 5.95 Å². The number of fused-ring (bicyclic) bond motifs is 1. The van der Waals surface area contributed by atoms with Crippen molar-refractivity contribution in [1.29, 1.82) is 0 Å². The minimum atomic E-state index is -0.0881. The van der Waals surface area contributed by atoms with Gasteiger partial charge in [0.25, 0.3) is 0 Å². The van der Waals surface area contributed by atoms with Gasteiger partial charge in [-0.25, -0.2) is 9.97 Å². The molecule has 1 heterocycles. The fraction of sp³-hybridized carbons (Fsp3) is 0.353. The van der Waals surface area contributed by atoms with Crippen LogP contribution in [0.2, 0.25) is 0 Å². The number of ketones is 1. The molecule has 0 atom stereocenters. The van der Waals surface area contributed by atoms with E-state index in [4.69, 9.17) is 0 Å². The lowest BCUT2D eigenvalue weighted by atomic mass is 9.76. The smallest absolute Gasteiger partial charge is 0.227 e. The maximum atomic E-state index is 12.0. The summed E-state index contributed by atoms with van der Waals surface area (Å²) in [5.41, 5.74) is 3.56. The Morgan fingerprint density at radius 2 is 2.10 bits per heavy atom. The summed E-state index contributed by atoms with van der Waals surface area (Å²) in [6.07, 6.45) is 3.07. The summed E-state index contributed by atoms with van der Waals surface area (Å²) in [7, 11) is 0. The van der Waals surface area contributed by atoms with Crippen LogP contribution >= 0.6 is 0 Å². The average Bonchev–Trinajstić information content (AvgIpc) is 2.44. The third-order valence-corrected chi connectivity index (χ3v) is 3.98. The Morgan fingerprint density at radius 3 is 2.86 bits per heavy atom. The van der Waals surface area contributed by atoms with Gasteiger partial charge in [0.1, 0.15) is 0 Å². The summed E-state index contributed by atoms with van der Waals surface area (Å²) in [6, 6.07) is 8.05. The highest BCUT2D eigenvalue weighted by molar-refractivity contribution is 5.98. The quantitative estimate of drug-likeness (QED) is 0.910. The van der Waals surface area contributed by atoms with E-state index in [0.717, 1.165) is 17.8 Å². The van der Waals surface area contributed by atoms with Crippen molar-refractivity contribution in [3.8, 4) is 0 Å². The zero-order valence-electron chi connectivity index (χ0n) is 12.6. The van der Waals surface area contributed by atoms with E-state index in [0.29, 0.717) is 17.9 Å². The lowest BCUT2D eigenvalue weighted by Crippen LogP contribution is -2.29. The molecule has 0 spiro atoms. The van der Waals surface area contributed by atoms with Crippen molar-refractivity contribution in [3.05, 3.63) is 47.3 Å². The molecule has 1 aliphatic rings. The maximum Gasteiger partial charge on any atom is 0.227 e. The number of carbonyl (C=O) groups is 1. The van der Waals surface area contributed by atoms with Gasteiger partial charge in [-0.3, -0.25) is 4.79 Å². The van der Waals surface area contributed by atoms with Crippen LogP contribution < -0.4 is 5.32 Å². The molecule has 1 aromatic heterocycles. The third kappa shape index (κ3) is 2.66. The molecule has 2 aromatic rings. The van der Waals surface area contributed by atoms with Gasteiger partial charge in [0.05, 0.1) is 11.3 Å². The summed E-state index contributed by atoms with van der Waals surface area (Å²) < 4.78 is 0. The van der Waals surface area contributed by atoms with Gasteiger partial charge in [0, 0.05) is 23.7 Å². The molecule has 3 rings (SSSR count). The zero-order valence-corrected chi connectivity index (χ0v) is 12.6. The number of anilines is 2. The van der Waals surface area contributed by atoms with Gasteiger partial charge in [0.15, 0.2) is 5.78 Å². The normalized spacial score (nSPS) is 16.4. The molecule has 1 N–H and O–H groups in total. The molecule has 4 nitrogen and oxygen atoms in total. The number of carbonyl (C=O) groups excluding carboxylic acids is 1. The van der Waals surface area contributed by atoms with Crippen molar-refractivity contribution in [2.45, 2.75) is 39.0 Å². The first-order chi connectivity index (χ1) is 9.95. The molecule has 1 aromatic carbocycles. The summed E-state index contributed by atoms with van der Waals surface area (Å²) >= 11 is 0. The Hall–Kier alpha value is -2.23. The second kappa shape index (κ2) is 4.95. The molecule has 0 aliphatic heterocycles. The van der Waals surface area contributed by atoms with Crippen LogP contribution in [0.4, 0.5) is 11.6 Å². The van der Waals surface area contributed by atoms with Gasteiger partial charge in [-0.2, -0.15) is 0 Å². The Labute approximate surface area is 124 Å². The topological polar surface area (TPSA) is 54.9 Å². The first-order valence-corrected chi connectivity index (χ1v) is 7.20. The molecule has 108 valence electrons. The van der Waals surface area contributed by atoms with E-state index < -0.39 is 0 Å². The minimum Gasteiger partial charge on any atom is -0.324 e. The monoisotopic (exact) mass is 281 g/mol. The van der Waals surface area contributed by atoms with Crippen LogP contribution in [0, 0.1) is 6.92 Å². The summed E-state index contributed by atoms with van der Waals surface area (Å²) in [6.45, 7) is 6.30. The highest BCUT2D eigenvalue weighted by atomic mass is 16.1. The Balaban J connectivity index is 1.97. The number of aryl methyl sites for hydroxylation is 1. The van der Waals surface area contributed by atoms with Crippen molar-refractivity contribution in [1.82, 2.24) is 9.97 Å². The number of hydrogen-bond donors (Lipinski definition) is 1. The Bertz CT molecular complexity index is 707. The second-order valence-corrected chi connectivity index (χ2v) is 6.26. The van der Waals surface area contributed by atoms with Gasteiger partial charge in [-0.15, -0.1) is 0 Å². The molecule has 0 bridgehead atoms. The van der Waals surface area contributed by atoms with Crippen LogP contribution in [0.3, 0.4) is 0 Å². The number of benzene rings is 1. The van der Waals surface area contributed by atoms with E-state index in [1.54, 1.807) is 6.20 Å². The number of aromatic nitrogens is 2. The number of nitrogens with one attached hydrogen (secondary N) is 1. The van der Waals surface area contributed by atoms with Crippen LogP contribution in [0.25, 0.3) is 0 Å². The van der Waals surface area contributed by atoms with Gasteiger partial charge >= 0.3 is 0 Å². The van der Waals surface area contributed by atoms with E-state index in [1.807, 2.05) is 31.2 Å². The largest absolute Gasteiger partial charge is 0.324 e. The molecule has 21 heavy (non-hydrogen) atoms. The van der Waals surface area contributed by atoms with Crippen LogP contribution in [-0.4, -0.2) is 15.8 Å². The number of Topliss-reactive ketones (excluding diaryl/α,β-unsaturated/α-hetero) is 1. The van der Waals surface area contributed by atoms with Crippen LogP contribution in [0.1, 0.15) is 48.3 Å². The van der Waals surface area contributed by atoms with Crippen molar-refractivity contribution < 1.29 is 4.79 Å². The molecule has 4 heteroatoms. The number of nitrogens with zero attached hydrogens (tertiary/aromatic N) is 2. The molecule has 0 unspecified atom stereocenters. The molecule has 0 fully saturated rings. The van der Waals surface area contributed by atoms with Crippen LogP contribution in [-0.2, 0) is 5.41 Å². The maximum absolute atomic E-state index is 12.0. The predicted octanol–water partition coefficient (Wildman–Crippen LogP) is 3.78. The lowest BCUT2D eigenvalue weighted by molar-refractivity contribution is 0.0954. The molecule has 1 aliphatic carbocycles. The van der Waals surface area contributed by atoms with Crippen LogP contribution in [0.5, 0.6) is 0 Å². The SMILES string of the molecule is Cc1cccc(Nc2ncc3c(n2)C(C)(C)CCC3=O)c1. The first kappa shape index (κ1) is 13.7. The molecule has 0 saturated heterocycles. The number of hydrogen-bond acceptors (Lipinski definition) is 4. The fourth-order valence-corrected chi connectivity index (χ4v) is 2.69. The van der Waals surface area contributed by atoms with Crippen LogP contribution in [0.15, 0.2) is 30.5 Å². The summed E-state index contributed by atoms with van der Waals surface area (Å²) in [5.74, 6) is 0.688. The van der Waals surface area contributed by atoms with Crippen molar-refractivity contribution in [3.63, 3.8) is 0 Å². The number of rotatable bonds is 2. The molecule has 0 radical (unpaired) electrons. The molecule has 0 saturated carbocycles. The molecule has 0 amide bonds. The standard InChI is InChI=1S/C17H19N3O/c1-11-5-4-6-12(9-11)19-16-18-10-13-14(21)7-8-17(2,3)15(13)20-16/h4-6,9-10H,7-8H2,1-3H3,(H,18,19,20). The second-order valence-electron chi connectivity index (χ2n) is 6.26. The first-order valence-electron chi connectivity index (χ1n) is 7.20. The summed E-state index contributed by atoms with van der Waals surface area (Å²) in [5, 5.41) is 3.21. The van der Waals surface area contributed by atoms with Crippen molar-refractivity contribution in [2.75, 3.05) is 5.32 Å². The van der Waals surface area contributed by atoms with E-state index in [1.165, 1.54) is 5.56 Å². The molecular weight excluding hydrogens is 262 g/mol. The van der Waals surface area contributed by atoms with E-state index in [2.05, 4.69) is 29.1 Å². The van der Waals surface area contributed by atoms with Gasteiger partial charge < -0.3 is 5.32 Å². The van der Waals surface area contributed by atoms with Crippen molar-refractivity contribution in [2.24, 2.45) is 0 Å². The lowest BCUT2D eigenvalue weighted by Gasteiger charge is -2.30. The summed E-state index contributed by atoms with van der Waals surface area (Å²) in [4.78, 5) is 20.9. The van der Waals surface area contributed by atoms with E-state index >= 15 is 0 Å². The predicted molar refractivity (Wildman–Crippen MR) is 83.1 cm³/mol.